The average molecular weight is 494 g/mol. The highest BCUT2D eigenvalue weighted by Gasteiger charge is 2.20. The molecule has 0 unspecified atom stereocenters. The summed E-state index contributed by atoms with van der Waals surface area (Å²) < 4.78 is 4.18. The first kappa shape index (κ1) is 24.0. The van der Waals surface area contributed by atoms with Crippen LogP contribution in [0, 0.1) is 13.8 Å². The molecule has 0 saturated heterocycles. The summed E-state index contributed by atoms with van der Waals surface area (Å²) in [7, 11) is 0. The molecule has 5 aromatic rings. The van der Waals surface area contributed by atoms with Crippen molar-refractivity contribution in [2.24, 2.45) is 0 Å². The molecule has 0 bridgehead atoms. The van der Waals surface area contributed by atoms with Gasteiger partial charge in [0.1, 0.15) is 6.54 Å². The molecular weight excluding hydrogens is 466 g/mol. The SMILES string of the molecule is Cc1ccc(NC(=O)Cn2c(=O)c3c(ncn3Cc3ccccc3)n(Cc3ccccc3)c2=O)c(C)c1. The normalized spacial score (nSPS) is 11.1. The van der Waals surface area contributed by atoms with E-state index >= 15 is 0 Å². The predicted octanol–water partition coefficient (Wildman–Crippen LogP) is 3.71. The molecule has 0 radical (unpaired) electrons. The number of imidazole rings is 1. The Hall–Kier alpha value is -4.72. The molecule has 1 N–H and O–H groups in total. The number of aryl methyl sites for hydroxylation is 2. The number of nitrogens with zero attached hydrogens (tertiary/aromatic N) is 4. The number of hydrogen-bond donors (Lipinski definition) is 1. The highest BCUT2D eigenvalue weighted by atomic mass is 16.2. The number of rotatable bonds is 7. The van der Waals surface area contributed by atoms with E-state index in [4.69, 9.17) is 0 Å². The number of fused-ring (bicyclic) bond motifs is 1. The Morgan fingerprint density at radius 2 is 1.49 bits per heavy atom. The van der Waals surface area contributed by atoms with Gasteiger partial charge in [0.15, 0.2) is 11.2 Å². The number of amides is 1. The molecular formula is C29H27N5O3. The van der Waals surface area contributed by atoms with E-state index in [0.717, 1.165) is 26.8 Å². The van der Waals surface area contributed by atoms with Crippen LogP contribution in [0.3, 0.4) is 0 Å². The van der Waals surface area contributed by atoms with Gasteiger partial charge in [-0.25, -0.2) is 14.3 Å². The van der Waals surface area contributed by atoms with Crippen LogP contribution in [0.1, 0.15) is 22.3 Å². The summed E-state index contributed by atoms with van der Waals surface area (Å²) in [6.07, 6.45) is 1.57. The van der Waals surface area contributed by atoms with Crippen LogP contribution < -0.4 is 16.6 Å². The second-order valence-corrected chi connectivity index (χ2v) is 9.14. The van der Waals surface area contributed by atoms with Crippen molar-refractivity contribution in [2.45, 2.75) is 33.5 Å². The fourth-order valence-electron chi connectivity index (χ4n) is 4.47. The van der Waals surface area contributed by atoms with Gasteiger partial charge in [-0.15, -0.1) is 0 Å². The van der Waals surface area contributed by atoms with E-state index in [2.05, 4.69) is 10.3 Å². The molecule has 0 spiro atoms. The van der Waals surface area contributed by atoms with Crippen molar-refractivity contribution in [3.05, 3.63) is 128 Å². The summed E-state index contributed by atoms with van der Waals surface area (Å²) in [5.41, 5.74) is 3.93. The molecule has 3 aromatic carbocycles. The van der Waals surface area contributed by atoms with Crippen LogP contribution in [0.4, 0.5) is 5.69 Å². The molecule has 5 rings (SSSR count). The van der Waals surface area contributed by atoms with E-state index in [1.807, 2.05) is 92.7 Å². The number of carbonyl (C=O) groups excluding carboxylic acids is 1. The van der Waals surface area contributed by atoms with Gasteiger partial charge in [-0.2, -0.15) is 0 Å². The van der Waals surface area contributed by atoms with Crippen LogP contribution in [0.25, 0.3) is 11.2 Å². The smallest absolute Gasteiger partial charge is 0.324 e. The fraction of sp³-hybridized carbons (Fsp3) is 0.172. The van der Waals surface area contributed by atoms with E-state index in [1.165, 1.54) is 4.57 Å². The summed E-state index contributed by atoms with van der Waals surface area (Å²) in [4.78, 5) is 44.7. The highest BCUT2D eigenvalue weighted by molar-refractivity contribution is 5.91. The summed E-state index contributed by atoms with van der Waals surface area (Å²) in [5, 5.41) is 2.84. The Morgan fingerprint density at radius 1 is 0.838 bits per heavy atom. The molecule has 0 aliphatic carbocycles. The summed E-state index contributed by atoms with van der Waals surface area (Å²) in [6, 6.07) is 24.9. The Labute approximate surface area is 213 Å². The summed E-state index contributed by atoms with van der Waals surface area (Å²) in [6.45, 7) is 4.09. The van der Waals surface area contributed by atoms with Crippen LogP contribution in [0.5, 0.6) is 0 Å². The maximum Gasteiger partial charge on any atom is 0.333 e. The Balaban J connectivity index is 1.59. The molecule has 0 aliphatic rings. The monoisotopic (exact) mass is 493 g/mol. The van der Waals surface area contributed by atoms with Crippen LogP contribution in [-0.2, 0) is 24.4 Å². The Kier molecular flexibility index (Phi) is 6.55. The van der Waals surface area contributed by atoms with E-state index in [1.54, 1.807) is 10.9 Å². The maximum absolute atomic E-state index is 13.6. The fourth-order valence-corrected chi connectivity index (χ4v) is 4.47. The second-order valence-electron chi connectivity index (χ2n) is 9.14. The number of nitrogens with one attached hydrogen (secondary N) is 1. The van der Waals surface area contributed by atoms with Crippen LogP contribution in [0.2, 0.25) is 0 Å². The zero-order valence-electron chi connectivity index (χ0n) is 20.7. The van der Waals surface area contributed by atoms with Crippen molar-refractivity contribution in [3.63, 3.8) is 0 Å². The van der Waals surface area contributed by atoms with E-state index in [0.29, 0.717) is 17.9 Å². The van der Waals surface area contributed by atoms with Gasteiger partial charge in [0, 0.05) is 12.2 Å². The van der Waals surface area contributed by atoms with Gasteiger partial charge in [0.25, 0.3) is 5.56 Å². The third-order valence-electron chi connectivity index (χ3n) is 6.32. The molecule has 37 heavy (non-hydrogen) atoms. The molecule has 2 heterocycles. The third-order valence-corrected chi connectivity index (χ3v) is 6.32. The maximum atomic E-state index is 13.6. The third kappa shape index (κ3) is 4.99. The lowest BCUT2D eigenvalue weighted by atomic mass is 10.1. The van der Waals surface area contributed by atoms with Gasteiger partial charge in [-0.3, -0.25) is 14.2 Å². The molecule has 0 atom stereocenters. The number of benzene rings is 3. The van der Waals surface area contributed by atoms with E-state index in [-0.39, 0.29) is 12.1 Å². The summed E-state index contributed by atoms with van der Waals surface area (Å²) in [5.74, 6) is -0.453. The predicted molar refractivity (Wildman–Crippen MR) is 144 cm³/mol. The first-order chi connectivity index (χ1) is 17.9. The molecule has 8 heteroatoms. The molecule has 0 fully saturated rings. The van der Waals surface area contributed by atoms with Crippen molar-refractivity contribution in [1.29, 1.82) is 0 Å². The lowest BCUT2D eigenvalue weighted by molar-refractivity contribution is -0.116. The van der Waals surface area contributed by atoms with Gasteiger partial charge in [0.2, 0.25) is 5.91 Å². The van der Waals surface area contributed by atoms with Crippen molar-refractivity contribution in [1.82, 2.24) is 18.7 Å². The molecule has 0 aliphatic heterocycles. The van der Waals surface area contributed by atoms with Crippen LogP contribution >= 0.6 is 0 Å². The van der Waals surface area contributed by atoms with Crippen molar-refractivity contribution in [3.8, 4) is 0 Å². The number of carbonyl (C=O) groups is 1. The second kappa shape index (κ2) is 10.1. The van der Waals surface area contributed by atoms with Crippen LogP contribution in [-0.4, -0.2) is 24.6 Å². The van der Waals surface area contributed by atoms with Crippen molar-refractivity contribution in [2.75, 3.05) is 5.32 Å². The van der Waals surface area contributed by atoms with E-state index in [9.17, 15) is 14.4 Å². The minimum atomic E-state index is -0.581. The number of anilines is 1. The van der Waals surface area contributed by atoms with Crippen molar-refractivity contribution < 1.29 is 4.79 Å². The quantitative estimate of drug-likeness (QED) is 0.374. The topological polar surface area (TPSA) is 90.9 Å². The standard InChI is InChI=1S/C29H27N5O3/c1-20-13-14-24(21(2)15-20)31-25(35)18-34-28(36)26-27(30-19-32(26)16-22-9-5-3-6-10-22)33(29(34)37)17-23-11-7-4-8-12-23/h3-15,19H,16-18H2,1-2H3,(H,31,35). The Bertz CT molecular complexity index is 1700. The van der Waals surface area contributed by atoms with Crippen LogP contribution in [0.15, 0.2) is 94.8 Å². The van der Waals surface area contributed by atoms with Gasteiger partial charge >= 0.3 is 5.69 Å². The molecule has 0 saturated carbocycles. The molecule has 1 amide bonds. The molecule has 2 aromatic heterocycles. The van der Waals surface area contributed by atoms with Gasteiger partial charge in [-0.05, 0) is 36.6 Å². The average Bonchev–Trinajstić information content (AvgIpc) is 3.31. The minimum Gasteiger partial charge on any atom is -0.324 e. The first-order valence-electron chi connectivity index (χ1n) is 12.0. The zero-order valence-corrected chi connectivity index (χ0v) is 20.7. The van der Waals surface area contributed by atoms with E-state index < -0.39 is 23.7 Å². The molecule has 8 nitrogen and oxygen atoms in total. The van der Waals surface area contributed by atoms with Gasteiger partial charge < -0.3 is 9.88 Å². The lowest BCUT2D eigenvalue weighted by Gasteiger charge is -2.14. The van der Waals surface area contributed by atoms with Crippen molar-refractivity contribution >= 4 is 22.8 Å². The number of hydrogen-bond acceptors (Lipinski definition) is 4. The number of aromatic nitrogens is 4. The first-order valence-corrected chi connectivity index (χ1v) is 12.0. The summed E-state index contributed by atoms with van der Waals surface area (Å²) >= 11 is 0. The lowest BCUT2D eigenvalue weighted by Crippen LogP contribution is -2.43. The highest BCUT2D eigenvalue weighted by Crippen LogP contribution is 2.16. The molecule has 186 valence electrons. The zero-order chi connectivity index (χ0) is 25.9. The Morgan fingerprint density at radius 3 is 2.14 bits per heavy atom. The van der Waals surface area contributed by atoms with Gasteiger partial charge in [-0.1, -0.05) is 78.4 Å². The largest absolute Gasteiger partial charge is 0.333 e. The van der Waals surface area contributed by atoms with Gasteiger partial charge in [0.05, 0.1) is 12.9 Å². The minimum absolute atomic E-state index is 0.220.